The van der Waals surface area contributed by atoms with Crippen LogP contribution in [0.15, 0.2) is 23.2 Å². The van der Waals surface area contributed by atoms with Crippen molar-refractivity contribution in [2.24, 2.45) is 23.7 Å². The number of imide groups is 1. The van der Waals surface area contributed by atoms with E-state index in [0.29, 0.717) is 28.7 Å². The van der Waals surface area contributed by atoms with Gasteiger partial charge in [-0.15, -0.1) is 0 Å². The maximum atomic E-state index is 13.3. The molecule has 9 heteroatoms. The minimum absolute atomic E-state index is 0.0559. The van der Waals surface area contributed by atoms with Gasteiger partial charge in [0, 0.05) is 6.54 Å². The molecule has 2 saturated heterocycles. The summed E-state index contributed by atoms with van der Waals surface area (Å²) < 4.78 is 12.0. The Balaban J connectivity index is 1.76. The van der Waals surface area contributed by atoms with Gasteiger partial charge in [-0.3, -0.25) is 14.5 Å². The Morgan fingerprint density at radius 2 is 2.00 bits per heavy atom. The molecule has 2 heterocycles. The molecule has 2 amide bonds. The Labute approximate surface area is 202 Å². The van der Waals surface area contributed by atoms with Gasteiger partial charge in [0.05, 0.1) is 28.6 Å². The molecule has 0 unspecified atom stereocenters. The second kappa shape index (κ2) is 8.98. The number of ether oxygens (including phenoxy) is 1. The molecule has 4 rings (SSSR count). The molecule has 32 heavy (non-hydrogen) atoms. The molecule has 2 N–H and O–H groups in total. The van der Waals surface area contributed by atoms with Crippen LogP contribution >= 0.6 is 22.6 Å². The number of rotatable bonds is 5. The fourth-order valence-corrected chi connectivity index (χ4v) is 6.19. The lowest BCUT2D eigenvalue weighted by atomic mass is 9.54. The van der Waals surface area contributed by atoms with Crippen LogP contribution in [0.2, 0.25) is 0 Å². The summed E-state index contributed by atoms with van der Waals surface area (Å²) in [6.07, 6.45) is 1.21. The van der Waals surface area contributed by atoms with E-state index in [1.165, 1.54) is 12.0 Å². The van der Waals surface area contributed by atoms with Gasteiger partial charge in [0.25, 0.3) is 0 Å². The van der Waals surface area contributed by atoms with Gasteiger partial charge in [-0.05, 0) is 76.9 Å². The molecule has 2 fully saturated rings. The number of allylic oxidation sites excluding steroid dienone is 2. The third-order valence-corrected chi connectivity index (χ3v) is 7.85. The first-order chi connectivity index (χ1) is 15.2. The third-order valence-electron chi connectivity index (χ3n) is 7.03. The lowest BCUT2D eigenvalue weighted by Gasteiger charge is -2.43. The molecule has 0 bridgehead atoms. The van der Waals surface area contributed by atoms with Gasteiger partial charge in [0.2, 0.25) is 11.8 Å². The number of nitrogens with zero attached hydrogens (tertiary/aromatic N) is 1. The number of halogens is 1. The molecule has 1 aliphatic carbocycles. The summed E-state index contributed by atoms with van der Waals surface area (Å²) in [6.45, 7) is 6.49. The van der Waals surface area contributed by atoms with E-state index in [4.69, 9.17) is 9.39 Å². The number of carbonyl (C=O) groups is 2. The topological polar surface area (TPSA) is 96.3 Å². The fourth-order valence-electron chi connectivity index (χ4n) is 5.56. The predicted molar refractivity (Wildman–Crippen MR) is 128 cm³/mol. The Morgan fingerprint density at radius 1 is 1.28 bits per heavy atom. The standard InChI is InChI=1S/C23H29BINO6/c1-5-6-26-22(28)15-9-13(11(2)3)20-14(19(15)23(26)29)10-17(32-24(20)30)12-7-16(25)21(27)18(8-12)31-4/h7-8,11,14-15,17,19,27,30H,5-6,9-10H2,1-4H3/t14-,15-,17-,19+/m0/s1. The van der Waals surface area contributed by atoms with Crippen LogP contribution in [0.4, 0.5) is 0 Å². The van der Waals surface area contributed by atoms with Crippen LogP contribution in [0.25, 0.3) is 0 Å². The zero-order valence-electron chi connectivity index (χ0n) is 18.8. The molecule has 1 aromatic carbocycles. The fraction of sp³-hybridized carbons (Fsp3) is 0.565. The van der Waals surface area contributed by atoms with Gasteiger partial charge in [-0.2, -0.15) is 0 Å². The molecule has 4 atom stereocenters. The van der Waals surface area contributed by atoms with Crippen molar-refractivity contribution in [2.75, 3.05) is 13.7 Å². The van der Waals surface area contributed by atoms with Crippen molar-refractivity contribution in [3.05, 3.63) is 32.3 Å². The molecule has 0 spiro atoms. The smallest absolute Gasteiger partial charge is 0.487 e. The number of likely N-dealkylation sites (tertiary alicyclic amines) is 1. The van der Waals surface area contributed by atoms with Crippen LogP contribution in [0, 0.1) is 27.2 Å². The Kier molecular flexibility index (Phi) is 6.62. The van der Waals surface area contributed by atoms with Crippen LogP contribution < -0.4 is 4.74 Å². The van der Waals surface area contributed by atoms with Gasteiger partial charge in [-0.1, -0.05) is 26.3 Å². The summed E-state index contributed by atoms with van der Waals surface area (Å²) in [5.74, 6) is -0.796. The summed E-state index contributed by atoms with van der Waals surface area (Å²) in [7, 11) is 0.343. The van der Waals surface area contributed by atoms with Crippen molar-refractivity contribution in [3.63, 3.8) is 0 Å². The van der Waals surface area contributed by atoms with E-state index in [9.17, 15) is 19.7 Å². The van der Waals surface area contributed by atoms with E-state index in [-0.39, 0.29) is 35.3 Å². The lowest BCUT2D eigenvalue weighted by Crippen LogP contribution is -2.45. The average Bonchev–Trinajstić information content (AvgIpc) is 2.99. The normalized spacial score (nSPS) is 27.8. The van der Waals surface area contributed by atoms with Crippen LogP contribution in [0.3, 0.4) is 0 Å². The maximum Gasteiger partial charge on any atom is 0.487 e. The van der Waals surface area contributed by atoms with E-state index in [2.05, 4.69) is 13.8 Å². The van der Waals surface area contributed by atoms with Crippen molar-refractivity contribution in [1.82, 2.24) is 4.90 Å². The number of phenolic OH excluding ortho intramolecular Hbond substituents is 1. The number of hydrogen-bond acceptors (Lipinski definition) is 6. The number of methoxy groups -OCH3 is 1. The Hall–Kier alpha value is -1.59. The van der Waals surface area contributed by atoms with E-state index < -0.39 is 19.1 Å². The first kappa shape index (κ1) is 23.6. The van der Waals surface area contributed by atoms with Crippen molar-refractivity contribution in [2.45, 2.75) is 46.1 Å². The SMILES string of the molecule is CCCN1C(=O)[C@H]2[C@H](CC(C(C)C)=C3B(O)O[C@H](c4cc(I)c(O)c(OC)c4)C[C@H]32)C1=O. The van der Waals surface area contributed by atoms with Gasteiger partial charge in [0.15, 0.2) is 11.5 Å². The molecule has 172 valence electrons. The minimum Gasteiger partial charge on any atom is -0.504 e. The van der Waals surface area contributed by atoms with Gasteiger partial charge in [0.1, 0.15) is 0 Å². The molecular weight excluding hydrogens is 524 g/mol. The van der Waals surface area contributed by atoms with Crippen molar-refractivity contribution in [1.29, 1.82) is 0 Å². The van der Waals surface area contributed by atoms with Crippen LogP contribution in [-0.4, -0.2) is 47.6 Å². The molecule has 3 aliphatic rings. The highest BCUT2D eigenvalue weighted by Crippen LogP contribution is 2.53. The average molecular weight is 553 g/mol. The number of amides is 2. The van der Waals surface area contributed by atoms with Gasteiger partial charge < -0.3 is 19.5 Å². The molecule has 0 aromatic heterocycles. The van der Waals surface area contributed by atoms with Crippen LogP contribution in [0.1, 0.15) is 51.7 Å². The second-order valence-electron chi connectivity index (χ2n) is 9.17. The summed E-state index contributed by atoms with van der Waals surface area (Å²) in [6, 6.07) is 3.51. The maximum absolute atomic E-state index is 13.3. The van der Waals surface area contributed by atoms with Gasteiger partial charge >= 0.3 is 7.12 Å². The number of aromatic hydroxyl groups is 1. The van der Waals surface area contributed by atoms with Crippen LogP contribution in [0.5, 0.6) is 11.5 Å². The van der Waals surface area contributed by atoms with Crippen LogP contribution in [-0.2, 0) is 14.2 Å². The highest BCUT2D eigenvalue weighted by Gasteiger charge is 2.57. The summed E-state index contributed by atoms with van der Waals surface area (Å²) >= 11 is 2.03. The Morgan fingerprint density at radius 3 is 2.62 bits per heavy atom. The molecular formula is C23H29BINO6. The number of fused-ring (bicyclic) bond motifs is 3. The van der Waals surface area contributed by atoms with Crippen molar-refractivity contribution < 1.29 is 29.1 Å². The van der Waals surface area contributed by atoms with E-state index >= 15 is 0 Å². The summed E-state index contributed by atoms with van der Waals surface area (Å²) in [5, 5.41) is 21.3. The number of phenols is 1. The molecule has 0 radical (unpaired) electrons. The lowest BCUT2D eigenvalue weighted by molar-refractivity contribution is -0.140. The summed E-state index contributed by atoms with van der Waals surface area (Å²) in [4.78, 5) is 27.9. The molecule has 2 aliphatic heterocycles. The quantitative estimate of drug-likeness (QED) is 0.330. The predicted octanol–water partition coefficient (Wildman–Crippen LogP) is 3.47. The second-order valence-corrected chi connectivity index (χ2v) is 10.3. The zero-order chi connectivity index (χ0) is 23.3. The molecule has 0 saturated carbocycles. The first-order valence-electron chi connectivity index (χ1n) is 11.2. The molecule has 7 nitrogen and oxygen atoms in total. The monoisotopic (exact) mass is 553 g/mol. The van der Waals surface area contributed by atoms with E-state index in [1.54, 1.807) is 12.1 Å². The van der Waals surface area contributed by atoms with Crippen molar-refractivity contribution >= 4 is 41.5 Å². The highest BCUT2D eigenvalue weighted by atomic mass is 127. The minimum atomic E-state index is -1.14. The third kappa shape index (κ3) is 3.75. The number of hydrogen-bond donors (Lipinski definition) is 2. The Bertz CT molecular complexity index is 979. The summed E-state index contributed by atoms with van der Waals surface area (Å²) in [5.41, 5.74) is 2.56. The molecule has 1 aromatic rings. The zero-order valence-corrected chi connectivity index (χ0v) is 21.0. The largest absolute Gasteiger partial charge is 0.504 e. The van der Waals surface area contributed by atoms with E-state index in [1.807, 2.05) is 29.5 Å². The number of benzene rings is 1. The highest BCUT2D eigenvalue weighted by molar-refractivity contribution is 14.1. The van der Waals surface area contributed by atoms with Gasteiger partial charge in [-0.25, -0.2) is 0 Å². The van der Waals surface area contributed by atoms with E-state index in [0.717, 1.165) is 23.0 Å². The first-order valence-corrected chi connectivity index (χ1v) is 12.2. The number of carbonyl (C=O) groups excluding carboxylic acids is 2. The van der Waals surface area contributed by atoms with Crippen molar-refractivity contribution in [3.8, 4) is 11.5 Å².